The van der Waals surface area contributed by atoms with E-state index in [4.69, 9.17) is 9.47 Å². The zero-order valence-electron chi connectivity index (χ0n) is 13.1. The molecule has 0 aliphatic carbocycles. The van der Waals surface area contributed by atoms with E-state index in [1.54, 1.807) is 18.5 Å². The Balaban J connectivity index is 1.97. The van der Waals surface area contributed by atoms with E-state index >= 15 is 0 Å². The van der Waals surface area contributed by atoms with Gasteiger partial charge in [0.2, 0.25) is 0 Å². The Morgan fingerprint density at radius 1 is 1.05 bits per heavy atom. The lowest BCUT2D eigenvalue weighted by Crippen LogP contribution is -2.47. The number of nitrogens with zero attached hydrogens (tertiary/aromatic N) is 2. The average Bonchev–Trinajstić information content (AvgIpc) is 2.92. The van der Waals surface area contributed by atoms with E-state index in [-0.39, 0.29) is 12.2 Å². The molecule has 0 radical (unpaired) electrons. The van der Waals surface area contributed by atoms with Crippen LogP contribution in [-0.2, 0) is 19.7 Å². The molecule has 0 bridgehead atoms. The van der Waals surface area contributed by atoms with Gasteiger partial charge in [0.1, 0.15) is 0 Å². The first-order valence-electron chi connectivity index (χ1n) is 7.48. The van der Waals surface area contributed by atoms with Gasteiger partial charge in [0.15, 0.2) is 0 Å². The lowest BCUT2D eigenvalue weighted by atomic mass is 9.98. The molecule has 2 aliphatic heterocycles. The first-order valence-corrected chi connectivity index (χ1v) is 8.88. The summed E-state index contributed by atoms with van der Waals surface area (Å²) < 4.78 is 39.1. The molecule has 2 aliphatic rings. The summed E-state index contributed by atoms with van der Waals surface area (Å²) in [5, 5.41) is 3.16. The maximum Gasteiger partial charge on any atom is 0.282 e. The Bertz CT molecular complexity index is 411. The fourth-order valence-electron chi connectivity index (χ4n) is 3.15. The molecule has 21 heavy (non-hydrogen) atoms. The first kappa shape index (κ1) is 17.1. The third-order valence-corrected chi connectivity index (χ3v) is 6.47. The van der Waals surface area contributed by atoms with E-state index in [1.807, 2.05) is 7.05 Å². The summed E-state index contributed by atoms with van der Waals surface area (Å²) in [6, 6.07) is 0. The van der Waals surface area contributed by atoms with Gasteiger partial charge in [-0.2, -0.15) is 17.0 Å². The summed E-state index contributed by atoms with van der Waals surface area (Å²) in [5.74, 6) is 0.568. The SMILES string of the molecule is CNCC1CCN(S(=O)(=O)N2CC(OC)C(OC)C2)CC1. The molecule has 0 aromatic rings. The van der Waals surface area contributed by atoms with Crippen molar-refractivity contribution >= 4 is 10.2 Å². The van der Waals surface area contributed by atoms with Crippen molar-refractivity contribution in [2.45, 2.75) is 25.0 Å². The Morgan fingerprint density at radius 3 is 2.00 bits per heavy atom. The fourth-order valence-corrected chi connectivity index (χ4v) is 4.82. The highest BCUT2D eigenvalue weighted by molar-refractivity contribution is 7.86. The summed E-state index contributed by atoms with van der Waals surface area (Å²) >= 11 is 0. The van der Waals surface area contributed by atoms with Gasteiger partial charge < -0.3 is 14.8 Å². The van der Waals surface area contributed by atoms with Gasteiger partial charge in [0.05, 0.1) is 12.2 Å². The third kappa shape index (κ3) is 3.75. The van der Waals surface area contributed by atoms with Gasteiger partial charge in [-0.15, -0.1) is 0 Å². The zero-order valence-corrected chi connectivity index (χ0v) is 13.9. The molecule has 2 heterocycles. The third-order valence-electron chi connectivity index (χ3n) is 4.51. The highest BCUT2D eigenvalue weighted by Crippen LogP contribution is 2.25. The monoisotopic (exact) mass is 321 g/mol. The van der Waals surface area contributed by atoms with Gasteiger partial charge in [-0.05, 0) is 32.4 Å². The average molecular weight is 321 g/mol. The predicted octanol–water partition coefficient (Wildman–Crippen LogP) is -0.492. The van der Waals surface area contributed by atoms with Gasteiger partial charge in [-0.1, -0.05) is 0 Å². The largest absolute Gasteiger partial charge is 0.377 e. The number of rotatable bonds is 6. The second-order valence-electron chi connectivity index (χ2n) is 5.77. The van der Waals surface area contributed by atoms with Crippen LogP contribution in [0.1, 0.15) is 12.8 Å². The second kappa shape index (κ2) is 7.34. The number of hydrogen-bond acceptors (Lipinski definition) is 5. The number of hydrogen-bond donors (Lipinski definition) is 1. The molecule has 7 nitrogen and oxygen atoms in total. The van der Waals surface area contributed by atoms with E-state index in [9.17, 15) is 8.42 Å². The summed E-state index contributed by atoms with van der Waals surface area (Å²) in [6.45, 7) is 2.89. The molecule has 0 amide bonds. The fraction of sp³-hybridized carbons (Fsp3) is 1.00. The molecule has 0 spiro atoms. The van der Waals surface area contributed by atoms with Crippen LogP contribution in [0.15, 0.2) is 0 Å². The quantitative estimate of drug-likeness (QED) is 0.715. The van der Waals surface area contributed by atoms with Crippen LogP contribution >= 0.6 is 0 Å². The van der Waals surface area contributed by atoms with Crippen molar-refractivity contribution in [1.82, 2.24) is 13.9 Å². The van der Waals surface area contributed by atoms with Crippen molar-refractivity contribution in [2.75, 3.05) is 54.0 Å². The molecule has 2 fully saturated rings. The maximum atomic E-state index is 12.7. The van der Waals surface area contributed by atoms with Crippen LogP contribution in [0.2, 0.25) is 0 Å². The lowest BCUT2D eigenvalue weighted by Gasteiger charge is -2.33. The summed E-state index contributed by atoms with van der Waals surface area (Å²) in [4.78, 5) is 0. The van der Waals surface area contributed by atoms with E-state index < -0.39 is 10.2 Å². The molecule has 2 atom stereocenters. The normalized spacial score (nSPS) is 30.0. The minimum Gasteiger partial charge on any atom is -0.377 e. The highest BCUT2D eigenvalue weighted by Gasteiger charge is 2.42. The van der Waals surface area contributed by atoms with Gasteiger partial charge in [0, 0.05) is 40.4 Å². The Hall–Kier alpha value is -0.250. The number of nitrogens with one attached hydrogen (secondary N) is 1. The summed E-state index contributed by atoms with van der Waals surface area (Å²) in [6.07, 6.45) is 1.45. The van der Waals surface area contributed by atoms with Crippen LogP contribution in [0, 0.1) is 5.92 Å². The van der Waals surface area contributed by atoms with E-state index in [0.29, 0.717) is 32.1 Å². The molecule has 0 saturated carbocycles. The minimum atomic E-state index is -3.40. The number of ether oxygens (including phenoxy) is 2. The van der Waals surface area contributed by atoms with Crippen LogP contribution in [0.4, 0.5) is 0 Å². The van der Waals surface area contributed by atoms with Crippen molar-refractivity contribution in [3.63, 3.8) is 0 Å². The molecule has 1 N–H and O–H groups in total. The van der Waals surface area contributed by atoms with Gasteiger partial charge in [0.25, 0.3) is 10.2 Å². The predicted molar refractivity (Wildman–Crippen MR) is 80.3 cm³/mol. The topological polar surface area (TPSA) is 71.1 Å². The van der Waals surface area contributed by atoms with E-state index in [1.165, 1.54) is 4.31 Å². The van der Waals surface area contributed by atoms with Crippen LogP contribution in [-0.4, -0.2) is 83.2 Å². The molecule has 2 rings (SSSR count). The van der Waals surface area contributed by atoms with Crippen molar-refractivity contribution < 1.29 is 17.9 Å². The van der Waals surface area contributed by atoms with Crippen LogP contribution in [0.3, 0.4) is 0 Å². The van der Waals surface area contributed by atoms with Gasteiger partial charge >= 0.3 is 0 Å². The van der Waals surface area contributed by atoms with Crippen LogP contribution < -0.4 is 5.32 Å². The molecular formula is C13H27N3O4S. The van der Waals surface area contributed by atoms with Gasteiger partial charge in [-0.3, -0.25) is 0 Å². The molecule has 0 aromatic carbocycles. The second-order valence-corrected chi connectivity index (χ2v) is 7.70. The molecule has 0 aromatic heterocycles. The highest BCUT2D eigenvalue weighted by atomic mass is 32.2. The molecule has 2 unspecified atom stereocenters. The van der Waals surface area contributed by atoms with Crippen molar-refractivity contribution in [3.05, 3.63) is 0 Å². The van der Waals surface area contributed by atoms with Gasteiger partial charge in [-0.25, -0.2) is 0 Å². The standard InChI is InChI=1S/C13H27N3O4S/c1-14-8-11-4-6-15(7-5-11)21(17,18)16-9-12(19-2)13(10-16)20-3/h11-14H,4-10H2,1-3H3. The molecular weight excluding hydrogens is 294 g/mol. The Labute approximate surface area is 127 Å². The lowest BCUT2D eigenvalue weighted by molar-refractivity contribution is -0.00461. The summed E-state index contributed by atoms with van der Waals surface area (Å²) in [5.41, 5.74) is 0. The zero-order chi connectivity index (χ0) is 15.5. The van der Waals surface area contributed by atoms with Crippen LogP contribution in [0.5, 0.6) is 0 Å². The van der Waals surface area contributed by atoms with Crippen molar-refractivity contribution in [3.8, 4) is 0 Å². The van der Waals surface area contributed by atoms with Crippen LogP contribution in [0.25, 0.3) is 0 Å². The van der Waals surface area contributed by atoms with E-state index in [2.05, 4.69) is 5.32 Å². The smallest absolute Gasteiger partial charge is 0.282 e. The molecule has 8 heteroatoms. The first-order chi connectivity index (χ1) is 10.0. The Morgan fingerprint density at radius 2 is 1.57 bits per heavy atom. The molecule has 124 valence electrons. The Kier molecular flexibility index (Phi) is 5.98. The van der Waals surface area contributed by atoms with E-state index in [0.717, 1.165) is 19.4 Å². The van der Waals surface area contributed by atoms with Crippen molar-refractivity contribution in [2.24, 2.45) is 5.92 Å². The number of piperidine rings is 1. The minimum absolute atomic E-state index is 0.188. The van der Waals surface area contributed by atoms with Crippen molar-refractivity contribution in [1.29, 1.82) is 0 Å². The number of methoxy groups -OCH3 is 2. The molecule has 2 saturated heterocycles. The summed E-state index contributed by atoms with van der Waals surface area (Å²) in [7, 11) is 1.72. The maximum absolute atomic E-state index is 12.7.